The lowest BCUT2D eigenvalue weighted by atomic mass is 9.74. The Morgan fingerprint density at radius 2 is 1.79 bits per heavy atom. The van der Waals surface area contributed by atoms with E-state index >= 15 is 0 Å². The highest BCUT2D eigenvalue weighted by Crippen LogP contribution is 2.44. The van der Waals surface area contributed by atoms with E-state index in [1.807, 2.05) is 0 Å². The number of amides is 2. The molecule has 1 unspecified atom stereocenters. The number of aromatic nitrogens is 2. The lowest BCUT2D eigenvalue weighted by Crippen LogP contribution is -2.53. The van der Waals surface area contributed by atoms with Gasteiger partial charge in [-0.05, 0) is 72.9 Å². The summed E-state index contributed by atoms with van der Waals surface area (Å²) in [4.78, 5) is 23.4. The summed E-state index contributed by atoms with van der Waals surface area (Å²) in [5, 5.41) is 31.2. The Bertz CT molecular complexity index is 1690. The van der Waals surface area contributed by atoms with Gasteiger partial charge >= 0.3 is 6.18 Å². The number of phenols is 1. The SMILES string of the molecule is Cc1cc(NCC(O)(CC(C)(C)c2cc(F)ccc2O)C(F)(F)F)c2cnn(-c3cccc(C(=O)NCC(N)=O)c3)c2c1. The molecule has 4 rings (SSSR count). The second-order valence-corrected chi connectivity index (χ2v) is 11.1. The average Bonchev–Trinajstić information content (AvgIpc) is 3.34. The number of primary amides is 1. The lowest BCUT2D eigenvalue weighted by Gasteiger charge is -2.38. The van der Waals surface area contributed by atoms with Gasteiger partial charge in [-0.25, -0.2) is 9.07 Å². The van der Waals surface area contributed by atoms with Crippen LogP contribution >= 0.6 is 0 Å². The molecule has 3 aromatic carbocycles. The number of phenolic OH excluding ortho intramolecular Hbond substituents is 1. The third kappa shape index (κ3) is 6.72. The maximum Gasteiger partial charge on any atom is 0.418 e. The highest BCUT2D eigenvalue weighted by molar-refractivity contribution is 5.97. The Kier molecular flexibility index (Phi) is 8.41. The number of aliphatic hydroxyl groups is 1. The van der Waals surface area contributed by atoms with E-state index in [9.17, 15) is 37.4 Å². The van der Waals surface area contributed by atoms with E-state index in [4.69, 9.17) is 5.73 Å². The van der Waals surface area contributed by atoms with Gasteiger partial charge in [-0.15, -0.1) is 0 Å². The summed E-state index contributed by atoms with van der Waals surface area (Å²) in [6, 6.07) is 12.7. The van der Waals surface area contributed by atoms with E-state index in [1.165, 1.54) is 36.9 Å². The van der Waals surface area contributed by atoms with Gasteiger partial charge in [0.1, 0.15) is 11.6 Å². The van der Waals surface area contributed by atoms with Crippen molar-refractivity contribution in [2.45, 2.75) is 44.4 Å². The highest BCUT2D eigenvalue weighted by Gasteiger charge is 2.56. The summed E-state index contributed by atoms with van der Waals surface area (Å²) in [6.45, 7) is 3.22. The number of nitrogens with zero attached hydrogens (tertiary/aromatic N) is 2. The molecule has 1 heterocycles. The molecule has 2 amide bonds. The van der Waals surface area contributed by atoms with Gasteiger partial charge in [0.25, 0.3) is 5.91 Å². The maximum atomic E-state index is 14.4. The van der Waals surface area contributed by atoms with Crippen LogP contribution in [0.5, 0.6) is 5.75 Å². The minimum absolute atomic E-state index is 0.0695. The smallest absolute Gasteiger partial charge is 0.418 e. The zero-order valence-corrected chi connectivity index (χ0v) is 23.6. The molecule has 4 aromatic rings. The number of carbonyl (C=O) groups is 2. The Hall–Kier alpha value is -4.65. The summed E-state index contributed by atoms with van der Waals surface area (Å²) >= 11 is 0. The fourth-order valence-corrected chi connectivity index (χ4v) is 5.05. The molecule has 0 radical (unpaired) electrons. The van der Waals surface area contributed by atoms with E-state index in [1.54, 1.807) is 31.2 Å². The predicted molar refractivity (Wildman–Crippen MR) is 153 cm³/mol. The fraction of sp³-hybridized carbons (Fsp3) is 0.300. The van der Waals surface area contributed by atoms with Crippen LogP contribution in [0.2, 0.25) is 0 Å². The minimum Gasteiger partial charge on any atom is -0.508 e. The third-order valence-electron chi connectivity index (χ3n) is 7.13. The van der Waals surface area contributed by atoms with Gasteiger partial charge < -0.3 is 26.6 Å². The summed E-state index contributed by atoms with van der Waals surface area (Å²) in [7, 11) is 0. The molecule has 13 heteroatoms. The molecule has 1 aromatic heterocycles. The van der Waals surface area contributed by atoms with Crippen LogP contribution in [0.4, 0.5) is 23.2 Å². The zero-order chi connectivity index (χ0) is 31.7. The molecule has 43 heavy (non-hydrogen) atoms. The van der Waals surface area contributed by atoms with E-state index in [2.05, 4.69) is 15.7 Å². The molecule has 228 valence electrons. The fourth-order valence-electron chi connectivity index (χ4n) is 5.05. The monoisotopic (exact) mass is 601 g/mol. The number of benzene rings is 3. The van der Waals surface area contributed by atoms with Crippen molar-refractivity contribution in [1.29, 1.82) is 0 Å². The Labute approximate surface area is 244 Å². The van der Waals surface area contributed by atoms with Crippen LogP contribution in [-0.4, -0.2) is 56.7 Å². The summed E-state index contributed by atoms with van der Waals surface area (Å²) in [6.07, 6.45) is -4.52. The van der Waals surface area contributed by atoms with Crippen molar-refractivity contribution in [2.24, 2.45) is 5.73 Å². The number of fused-ring (bicyclic) bond motifs is 1. The molecular formula is C30H31F4N5O4. The number of aryl methyl sites for hydroxylation is 1. The number of halogens is 4. The van der Waals surface area contributed by atoms with Crippen molar-refractivity contribution < 1.29 is 37.4 Å². The third-order valence-corrected chi connectivity index (χ3v) is 7.13. The quantitative estimate of drug-likeness (QED) is 0.170. The van der Waals surface area contributed by atoms with Crippen LogP contribution in [0.1, 0.15) is 41.8 Å². The first kappa shape index (κ1) is 31.3. The van der Waals surface area contributed by atoms with Gasteiger partial charge in [0.05, 0.1) is 30.5 Å². The number of nitrogens with two attached hydrogens (primary N) is 1. The molecule has 0 saturated heterocycles. The number of rotatable bonds is 10. The Morgan fingerprint density at radius 3 is 2.47 bits per heavy atom. The van der Waals surface area contributed by atoms with Gasteiger partial charge in [-0.1, -0.05) is 19.9 Å². The molecule has 9 nitrogen and oxygen atoms in total. The minimum atomic E-state index is -5.08. The molecule has 0 saturated carbocycles. The maximum absolute atomic E-state index is 14.4. The number of aromatic hydroxyl groups is 1. The first-order valence-electron chi connectivity index (χ1n) is 13.2. The van der Waals surface area contributed by atoms with Crippen molar-refractivity contribution in [3.8, 4) is 11.4 Å². The molecule has 1 atom stereocenters. The van der Waals surface area contributed by atoms with E-state index in [0.29, 0.717) is 22.2 Å². The zero-order valence-electron chi connectivity index (χ0n) is 23.6. The van der Waals surface area contributed by atoms with Crippen LogP contribution in [0.15, 0.2) is 60.8 Å². The van der Waals surface area contributed by atoms with Crippen LogP contribution in [-0.2, 0) is 10.2 Å². The molecule has 0 bridgehead atoms. The van der Waals surface area contributed by atoms with Gasteiger partial charge in [-0.3, -0.25) is 9.59 Å². The van der Waals surface area contributed by atoms with E-state index in [0.717, 1.165) is 18.2 Å². The van der Waals surface area contributed by atoms with Crippen LogP contribution in [0.3, 0.4) is 0 Å². The van der Waals surface area contributed by atoms with Crippen molar-refractivity contribution in [3.63, 3.8) is 0 Å². The number of alkyl halides is 3. The Morgan fingerprint density at radius 1 is 1.07 bits per heavy atom. The standard InChI is InChI=1S/C30H31F4N5O4/c1-17-9-23(37-16-29(43,30(32,33)34)15-28(2,3)22-12-19(31)7-8-25(22)40)21-13-38-39(24(21)10-17)20-6-4-5-18(11-20)27(42)36-14-26(35)41/h4-13,37,40,43H,14-16H2,1-3H3,(H2,35,41)(H,36,42). The first-order valence-corrected chi connectivity index (χ1v) is 13.2. The normalized spacial score (nSPS) is 13.5. The molecule has 6 N–H and O–H groups in total. The molecular weight excluding hydrogens is 570 g/mol. The van der Waals surface area contributed by atoms with Gasteiger partial charge in [0.2, 0.25) is 5.91 Å². The molecule has 0 aliphatic heterocycles. The number of nitrogens with one attached hydrogen (secondary N) is 2. The second-order valence-electron chi connectivity index (χ2n) is 11.1. The van der Waals surface area contributed by atoms with Crippen molar-refractivity contribution in [1.82, 2.24) is 15.1 Å². The second kappa shape index (κ2) is 11.6. The molecule has 0 aliphatic carbocycles. The first-order chi connectivity index (χ1) is 20.0. The van der Waals surface area contributed by atoms with Crippen molar-refractivity contribution in [2.75, 3.05) is 18.4 Å². The van der Waals surface area contributed by atoms with Gasteiger partial charge in [0, 0.05) is 22.2 Å². The number of hydrogen-bond donors (Lipinski definition) is 5. The van der Waals surface area contributed by atoms with Crippen molar-refractivity contribution >= 4 is 28.4 Å². The summed E-state index contributed by atoms with van der Waals surface area (Å²) in [5.74, 6) is -2.35. The Balaban J connectivity index is 1.65. The van der Waals surface area contributed by atoms with Crippen LogP contribution in [0, 0.1) is 12.7 Å². The average molecular weight is 602 g/mol. The van der Waals surface area contributed by atoms with E-state index < -0.39 is 47.8 Å². The van der Waals surface area contributed by atoms with Gasteiger partial charge in [0.15, 0.2) is 5.60 Å². The molecule has 0 fully saturated rings. The highest BCUT2D eigenvalue weighted by atomic mass is 19.4. The number of carbonyl (C=O) groups excluding carboxylic acids is 2. The number of hydrogen-bond acceptors (Lipinski definition) is 6. The van der Waals surface area contributed by atoms with Crippen LogP contribution < -0.4 is 16.4 Å². The topological polar surface area (TPSA) is 142 Å². The molecule has 0 spiro atoms. The largest absolute Gasteiger partial charge is 0.508 e. The summed E-state index contributed by atoms with van der Waals surface area (Å²) < 4.78 is 58.5. The summed E-state index contributed by atoms with van der Waals surface area (Å²) in [5.41, 5.74) is 2.43. The van der Waals surface area contributed by atoms with Gasteiger partial charge in [-0.2, -0.15) is 18.3 Å². The predicted octanol–water partition coefficient (Wildman–Crippen LogP) is 4.47. The molecule has 0 aliphatic rings. The van der Waals surface area contributed by atoms with E-state index in [-0.39, 0.29) is 29.1 Å². The number of anilines is 1. The van der Waals surface area contributed by atoms with Crippen LogP contribution in [0.25, 0.3) is 16.6 Å². The van der Waals surface area contributed by atoms with Crippen molar-refractivity contribution in [3.05, 3.63) is 83.3 Å². The lowest BCUT2D eigenvalue weighted by molar-refractivity contribution is -0.260.